The predicted octanol–water partition coefficient (Wildman–Crippen LogP) is 2.98. The molecule has 1 aliphatic carbocycles. The second kappa shape index (κ2) is 12.1. The minimum atomic E-state index is -0.981. The van der Waals surface area contributed by atoms with Crippen molar-refractivity contribution in [2.75, 3.05) is 6.54 Å². The minimum absolute atomic E-state index is 0.0130. The summed E-state index contributed by atoms with van der Waals surface area (Å²) in [5.41, 5.74) is 6.86. The SMILES string of the molecule is CC(C)C(=O)[C@H](CCN)NC(=O)[C@@H](CC(=O)C1CCCC(c2ccccc2)C1)[C@H](C)O. The smallest absolute Gasteiger partial charge is 0.226 e. The van der Waals surface area contributed by atoms with Crippen LogP contribution in [-0.4, -0.2) is 41.3 Å². The highest BCUT2D eigenvalue weighted by atomic mass is 16.3. The lowest BCUT2D eigenvalue weighted by atomic mass is 9.75. The van der Waals surface area contributed by atoms with Gasteiger partial charge in [-0.2, -0.15) is 0 Å². The summed E-state index contributed by atoms with van der Waals surface area (Å²) in [6, 6.07) is 9.55. The van der Waals surface area contributed by atoms with Crippen LogP contribution < -0.4 is 11.1 Å². The molecule has 0 saturated heterocycles. The second-order valence-electron chi connectivity index (χ2n) is 9.18. The van der Waals surface area contributed by atoms with Gasteiger partial charge in [0.25, 0.3) is 0 Å². The summed E-state index contributed by atoms with van der Waals surface area (Å²) in [6.07, 6.45) is 2.97. The fourth-order valence-corrected chi connectivity index (χ4v) is 4.51. The van der Waals surface area contributed by atoms with E-state index in [9.17, 15) is 19.5 Å². The van der Waals surface area contributed by atoms with Crippen molar-refractivity contribution in [3.63, 3.8) is 0 Å². The fraction of sp³-hybridized carbons (Fsp3) is 0.640. The maximum atomic E-state index is 13.1. The van der Waals surface area contributed by atoms with Gasteiger partial charge in [0.15, 0.2) is 5.78 Å². The third-order valence-corrected chi connectivity index (χ3v) is 6.43. The van der Waals surface area contributed by atoms with Crippen molar-refractivity contribution in [3.8, 4) is 0 Å². The van der Waals surface area contributed by atoms with Crippen molar-refractivity contribution in [1.82, 2.24) is 5.32 Å². The summed E-state index contributed by atoms with van der Waals surface area (Å²) in [6.45, 7) is 5.35. The van der Waals surface area contributed by atoms with Crippen molar-refractivity contribution in [3.05, 3.63) is 35.9 Å². The van der Waals surface area contributed by atoms with Crippen LogP contribution in [0.25, 0.3) is 0 Å². The number of aliphatic hydroxyl groups is 1. The zero-order valence-corrected chi connectivity index (χ0v) is 19.0. The van der Waals surface area contributed by atoms with Gasteiger partial charge in [0.05, 0.1) is 18.1 Å². The molecule has 1 aliphatic rings. The Balaban J connectivity index is 2.03. The van der Waals surface area contributed by atoms with Crippen molar-refractivity contribution in [2.24, 2.45) is 23.5 Å². The molecule has 1 fully saturated rings. The molecule has 4 N–H and O–H groups in total. The molecule has 2 unspecified atom stereocenters. The van der Waals surface area contributed by atoms with Crippen molar-refractivity contribution < 1.29 is 19.5 Å². The van der Waals surface area contributed by atoms with Crippen LogP contribution >= 0.6 is 0 Å². The molecule has 1 aromatic carbocycles. The Hall–Kier alpha value is -2.05. The number of amides is 1. The average Bonchev–Trinajstić information content (AvgIpc) is 2.76. The number of hydrogen-bond donors (Lipinski definition) is 3. The summed E-state index contributed by atoms with van der Waals surface area (Å²) < 4.78 is 0. The molecule has 2 rings (SSSR count). The number of nitrogens with two attached hydrogens (primary N) is 1. The van der Waals surface area contributed by atoms with Gasteiger partial charge >= 0.3 is 0 Å². The molecule has 0 bridgehead atoms. The van der Waals surface area contributed by atoms with Crippen LogP contribution in [0.1, 0.15) is 70.8 Å². The number of rotatable bonds is 11. The molecule has 1 saturated carbocycles. The van der Waals surface area contributed by atoms with Crippen LogP contribution in [-0.2, 0) is 14.4 Å². The Morgan fingerprint density at radius 1 is 1.13 bits per heavy atom. The van der Waals surface area contributed by atoms with E-state index in [-0.39, 0.29) is 36.4 Å². The molecular formula is C25H38N2O4. The van der Waals surface area contributed by atoms with E-state index >= 15 is 0 Å². The molecule has 0 aromatic heterocycles. The molecule has 0 aliphatic heterocycles. The van der Waals surface area contributed by atoms with Gasteiger partial charge in [0, 0.05) is 18.3 Å². The maximum Gasteiger partial charge on any atom is 0.226 e. The number of Topliss-reactive ketones (excluding diaryl/α,β-unsaturated/α-hetero) is 2. The normalized spacial score (nSPS) is 21.9. The van der Waals surface area contributed by atoms with Crippen molar-refractivity contribution in [2.45, 2.75) is 77.4 Å². The van der Waals surface area contributed by atoms with Crippen LogP contribution in [0.3, 0.4) is 0 Å². The summed E-state index contributed by atoms with van der Waals surface area (Å²) in [5.74, 6) is -1.39. The van der Waals surface area contributed by atoms with Crippen LogP contribution in [0.4, 0.5) is 0 Å². The van der Waals surface area contributed by atoms with Gasteiger partial charge in [-0.15, -0.1) is 0 Å². The van der Waals surface area contributed by atoms with Gasteiger partial charge in [-0.3, -0.25) is 14.4 Å². The van der Waals surface area contributed by atoms with E-state index in [0.29, 0.717) is 12.3 Å². The highest BCUT2D eigenvalue weighted by Crippen LogP contribution is 2.37. The lowest BCUT2D eigenvalue weighted by molar-refractivity contribution is -0.137. The molecule has 6 nitrogen and oxygen atoms in total. The molecule has 6 heteroatoms. The molecule has 0 spiro atoms. The molecule has 5 atom stereocenters. The van der Waals surface area contributed by atoms with E-state index in [4.69, 9.17) is 5.73 Å². The number of ketones is 2. The van der Waals surface area contributed by atoms with Gasteiger partial charge in [0.2, 0.25) is 5.91 Å². The van der Waals surface area contributed by atoms with Crippen LogP contribution in [0.5, 0.6) is 0 Å². The van der Waals surface area contributed by atoms with Crippen molar-refractivity contribution >= 4 is 17.5 Å². The maximum absolute atomic E-state index is 13.1. The molecular weight excluding hydrogens is 392 g/mol. The van der Waals surface area contributed by atoms with Gasteiger partial charge in [0.1, 0.15) is 5.78 Å². The van der Waals surface area contributed by atoms with E-state index in [2.05, 4.69) is 17.4 Å². The Morgan fingerprint density at radius 2 is 1.81 bits per heavy atom. The van der Waals surface area contributed by atoms with Gasteiger partial charge in [-0.05, 0) is 50.6 Å². The zero-order chi connectivity index (χ0) is 23.0. The molecule has 172 valence electrons. The minimum Gasteiger partial charge on any atom is -0.393 e. The number of hydrogen-bond acceptors (Lipinski definition) is 5. The predicted molar refractivity (Wildman–Crippen MR) is 121 cm³/mol. The van der Waals surface area contributed by atoms with E-state index < -0.39 is 24.0 Å². The lowest BCUT2D eigenvalue weighted by Crippen LogP contribution is -2.48. The second-order valence-corrected chi connectivity index (χ2v) is 9.18. The first-order valence-corrected chi connectivity index (χ1v) is 11.5. The Kier molecular flexibility index (Phi) is 9.85. The van der Waals surface area contributed by atoms with E-state index in [1.807, 2.05) is 18.2 Å². The first-order valence-electron chi connectivity index (χ1n) is 11.5. The Labute approximate surface area is 186 Å². The molecule has 0 heterocycles. The molecule has 1 aromatic rings. The Bertz CT molecular complexity index is 732. The number of carbonyl (C=O) groups is 3. The summed E-state index contributed by atoms with van der Waals surface area (Å²) >= 11 is 0. The van der Waals surface area contributed by atoms with Crippen molar-refractivity contribution in [1.29, 1.82) is 0 Å². The number of carbonyl (C=O) groups excluding carboxylic acids is 3. The topological polar surface area (TPSA) is 109 Å². The third kappa shape index (κ3) is 7.25. The standard InChI is InChI=1S/C25H38N2O4/c1-16(2)24(30)22(12-13-26)27-25(31)21(17(3)28)15-23(29)20-11-7-10-19(14-20)18-8-5-4-6-9-18/h4-6,8-9,16-17,19-22,28H,7,10-15,26H2,1-3H3,(H,27,31)/t17-,19?,20?,21-,22-/m0/s1. The summed E-state index contributed by atoms with van der Waals surface area (Å²) in [4.78, 5) is 38.4. The number of aliphatic hydroxyl groups excluding tert-OH is 1. The largest absolute Gasteiger partial charge is 0.393 e. The van der Waals surface area contributed by atoms with Gasteiger partial charge in [-0.25, -0.2) is 0 Å². The van der Waals surface area contributed by atoms with E-state index in [0.717, 1.165) is 25.7 Å². The van der Waals surface area contributed by atoms with E-state index in [1.165, 1.54) is 12.5 Å². The first kappa shape index (κ1) is 25.2. The van der Waals surface area contributed by atoms with Crippen LogP contribution in [0.2, 0.25) is 0 Å². The molecule has 1 amide bonds. The lowest BCUT2D eigenvalue weighted by Gasteiger charge is -2.30. The molecule has 0 radical (unpaired) electrons. The van der Waals surface area contributed by atoms with E-state index in [1.54, 1.807) is 13.8 Å². The number of nitrogens with one attached hydrogen (secondary N) is 1. The van der Waals surface area contributed by atoms with Crippen LogP contribution in [0.15, 0.2) is 30.3 Å². The summed E-state index contributed by atoms with van der Waals surface area (Å²) in [5, 5.41) is 13.0. The quantitative estimate of drug-likeness (QED) is 0.500. The highest BCUT2D eigenvalue weighted by Gasteiger charge is 2.34. The number of benzene rings is 1. The van der Waals surface area contributed by atoms with Gasteiger partial charge < -0.3 is 16.2 Å². The Morgan fingerprint density at radius 3 is 2.39 bits per heavy atom. The average molecular weight is 431 g/mol. The monoisotopic (exact) mass is 430 g/mol. The fourth-order valence-electron chi connectivity index (χ4n) is 4.51. The zero-order valence-electron chi connectivity index (χ0n) is 19.0. The summed E-state index contributed by atoms with van der Waals surface area (Å²) in [7, 11) is 0. The third-order valence-electron chi connectivity index (χ3n) is 6.43. The van der Waals surface area contributed by atoms with Crippen LogP contribution in [0, 0.1) is 17.8 Å². The first-order chi connectivity index (χ1) is 14.7. The molecule has 31 heavy (non-hydrogen) atoms. The highest BCUT2D eigenvalue weighted by molar-refractivity contribution is 5.93. The van der Waals surface area contributed by atoms with Gasteiger partial charge in [-0.1, -0.05) is 50.6 Å².